The Bertz CT molecular complexity index is 1120. The number of carbonyl (C=O) groups is 2. The zero-order valence-corrected chi connectivity index (χ0v) is 19.4. The molecule has 2 amide bonds. The molecule has 0 spiro atoms. The van der Waals surface area contributed by atoms with E-state index in [1.54, 1.807) is 38.9 Å². The van der Waals surface area contributed by atoms with Crippen LogP contribution in [0.5, 0.6) is 0 Å². The molecule has 1 atom stereocenters. The highest BCUT2D eigenvalue weighted by Crippen LogP contribution is 2.17. The zero-order chi connectivity index (χ0) is 24.1. The molecule has 7 nitrogen and oxygen atoms in total. The van der Waals surface area contributed by atoms with Crippen LogP contribution in [0, 0.1) is 5.82 Å². The Hall–Kier alpha value is -3.52. The summed E-state index contributed by atoms with van der Waals surface area (Å²) in [6.07, 6.45) is 3.21. The molecule has 0 aliphatic carbocycles. The van der Waals surface area contributed by atoms with Crippen LogP contribution in [0.1, 0.15) is 35.3 Å². The average molecular weight is 465 g/mol. The Balaban J connectivity index is 1.50. The first-order chi connectivity index (χ1) is 16.4. The van der Waals surface area contributed by atoms with Crippen LogP contribution in [-0.4, -0.2) is 63.2 Å². The van der Waals surface area contributed by atoms with E-state index in [0.717, 1.165) is 11.1 Å². The summed E-state index contributed by atoms with van der Waals surface area (Å²) in [5.74, 6) is -0.623. The Morgan fingerprint density at radius 1 is 1.12 bits per heavy atom. The van der Waals surface area contributed by atoms with Gasteiger partial charge in [0.15, 0.2) is 0 Å². The van der Waals surface area contributed by atoms with Crippen LogP contribution < -0.4 is 0 Å². The van der Waals surface area contributed by atoms with E-state index in [0.29, 0.717) is 25.2 Å². The first kappa shape index (κ1) is 23.6. The summed E-state index contributed by atoms with van der Waals surface area (Å²) in [4.78, 5) is 29.7. The number of carbonyl (C=O) groups excluding carboxylic acids is 2. The van der Waals surface area contributed by atoms with Crippen molar-refractivity contribution >= 4 is 11.8 Å². The van der Waals surface area contributed by atoms with E-state index in [9.17, 15) is 14.0 Å². The smallest absolute Gasteiger partial charge is 0.254 e. The summed E-state index contributed by atoms with van der Waals surface area (Å²) in [6, 6.07) is 15.4. The molecule has 8 heteroatoms. The number of hydrogen-bond acceptors (Lipinski definition) is 4. The topological polar surface area (TPSA) is 67.7 Å². The number of hydrogen-bond donors (Lipinski definition) is 0. The second-order valence-electron chi connectivity index (χ2n) is 8.79. The van der Waals surface area contributed by atoms with Gasteiger partial charge < -0.3 is 14.5 Å². The third kappa shape index (κ3) is 5.88. The Morgan fingerprint density at radius 3 is 2.62 bits per heavy atom. The molecule has 1 aromatic heterocycles. The van der Waals surface area contributed by atoms with Crippen molar-refractivity contribution in [1.82, 2.24) is 19.6 Å². The fraction of sp³-hybridized carbons (Fsp3) is 0.346. The molecule has 0 bridgehead atoms. The van der Waals surface area contributed by atoms with Crippen molar-refractivity contribution in [1.29, 1.82) is 0 Å². The SMILES string of the molecule is CC(C)N1C[C@@H](OCc2ccc(F)cc2)CN(C(=O)c2cccc(Cn3cccn3)c2)CC1=O. The van der Waals surface area contributed by atoms with Gasteiger partial charge in [0.05, 0.1) is 19.3 Å². The van der Waals surface area contributed by atoms with E-state index in [4.69, 9.17) is 4.74 Å². The number of aromatic nitrogens is 2. The summed E-state index contributed by atoms with van der Waals surface area (Å²) >= 11 is 0. The van der Waals surface area contributed by atoms with E-state index in [2.05, 4.69) is 5.10 Å². The fourth-order valence-electron chi connectivity index (χ4n) is 4.06. The van der Waals surface area contributed by atoms with Crippen LogP contribution in [0.15, 0.2) is 67.0 Å². The van der Waals surface area contributed by atoms with Gasteiger partial charge >= 0.3 is 0 Å². The molecular weight excluding hydrogens is 435 g/mol. The van der Waals surface area contributed by atoms with Gasteiger partial charge in [0.2, 0.25) is 5.91 Å². The molecule has 0 radical (unpaired) electrons. The van der Waals surface area contributed by atoms with Gasteiger partial charge in [-0.05, 0) is 55.3 Å². The molecule has 2 heterocycles. The second kappa shape index (κ2) is 10.6. The van der Waals surface area contributed by atoms with Gasteiger partial charge in [0.25, 0.3) is 5.91 Å². The monoisotopic (exact) mass is 464 g/mol. The number of benzene rings is 2. The number of rotatable bonds is 7. The minimum atomic E-state index is -0.366. The Labute approximate surface area is 198 Å². The van der Waals surface area contributed by atoms with Crippen LogP contribution in [-0.2, 0) is 22.7 Å². The second-order valence-corrected chi connectivity index (χ2v) is 8.79. The third-order valence-electron chi connectivity index (χ3n) is 5.86. The fourth-order valence-corrected chi connectivity index (χ4v) is 4.06. The largest absolute Gasteiger partial charge is 0.370 e. The molecule has 0 unspecified atom stereocenters. The minimum absolute atomic E-state index is 0.00317. The lowest BCUT2D eigenvalue weighted by molar-refractivity contribution is -0.133. The van der Waals surface area contributed by atoms with E-state index in [1.807, 2.05) is 44.3 Å². The summed E-state index contributed by atoms with van der Waals surface area (Å²) in [5.41, 5.74) is 2.30. The van der Waals surface area contributed by atoms with Gasteiger partial charge in [-0.15, -0.1) is 0 Å². The quantitative estimate of drug-likeness (QED) is 0.538. The van der Waals surface area contributed by atoms with Crippen molar-refractivity contribution in [2.45, 2.75) is 39.1 Å². The lowest BCUT2D eigenvalue weighted by Crippen LogP contribution is -2.42. The molecule has 0 saturated carbocycles. The summed E-state index contributed by atoms with van der Waals surface area (Å²) < 4.78 is 21.1. The summed E-state index contributed by atoms with van der Waals surface area (Å²) in [6.45, 7) is 5.40. The zero-order valence-electron chi connectivity index (χ0n) is 19.4. The normalized spacial score (nSPS) is 16.7. The third-order valence-corrected chi connectivity index (χ3v) is 5.86. The van der Waals surface area contributed by atoms with Crippen molar-refractivity contribution in [3.63, 3.8) is 0 Å². The molecule has 178 valence electrons. The number of halogens is 1. The van der Waals surface area contributed by atoms with Crippen LogP contribution >= 0.6 is 0 Å². The molecule has 4 rings (SSSR count). The number of ether oxygens (including phenoxy) is 1. The van der Waals surface area contributed by atoms with Gasteiger partial charge in [0, 0.05) is 37.1 Å². The number of amides is 2. The summed E-state index contributed by atoms with van der Waals surface area (Å²) in [5, 5.41) is 4.22. The molecule has 1 fully saturated rings. The minimum Gasteiger partial charge on any atom is -0.370 e. The van der Waals surface area contributed by atoms with Gasteiger partial charge in [-0.3, -0.25) is 14.3 Å². The Morgan fingerprint density at radius 2 is 1.91 bits per heavy atom. The average Bonchev–Trinajstić information content (AvgIpc) is 3.27. The van der Waals surface area contributed by atoms with Crippen molar-refractivity contribution in [3.05, 3.63) is 89.5 Å². The highest BCUT2D eigenvalue weighted by Gasteiger charge is 2.32. The van der Waals surface area contributed by atoms with E-state index in [-0.39, 0.29) is 42.9 Å². The van der Waals surface area contributed by atoms with Crippen molar-refractivity contribution in [2.75, 3.05) is 19.6 Å². The first-order valence-electron chi connectivity index (χ1n) is 11.4. The predicted molar refractivity (Wildman–Crippen MR) is 126 cm³/mol. The van der Waals surface area contributed by atoms with Gasteiger partial charge in [-0.2, -0.15) is 5.10 Å². The predicted octanol–water partition coefficient (Wildman–Crippen LogP) is 3.35. The van der Waals surface area contributed by atoms with Crippen LogP contribution in [0.2, 0.25) is 0 Å². The maximum Gasteiger partial charge on any atom is 0.254 e. The molecule has 1 aliphatic rings. The van der Waals surface area contributed by atoms with Crippen molar-refractivity contribution in [3.8, 4) is 0 Å². The maximum absolute atomic E-state index is 13.4. The van der Waals surface area contributed by atoms with Crippen molar-refractivity contribution in [2.24, 2.45) is 0 Å². The molecule has 3 aromatic rings. The highest BCUT2D eigenvalue weighted by molar-refractivity contribution is 5.97. The molecule has 34 heavy (non-hydrogen) atoms. The van der Waals surface area contributed by atoms with Crippen LogP contribution in [0.3, 0.4) is 0 Å². The highest BCUT2D eigenvalue weighted by atomic mass is 19.1. The molecule has 2 aromatic carbocycles. The number of nitrogens with zero attached hydrogens (tertiary/aromatic N) is 4. The maximum atomic E-state index is 13.4. The first-order valence-corrected chi connectivity index (χ1v) is 11.4. The van der Waals surface area contributed by atoms with Crippen LogP contribution in [0.25, 0.3) is 0 Å². The molecule has 1 saturated heterocycles. The van der Waals surface area contributed by atoms with E-state index >= 15 is 0 Å². The lowest BCUT2D eigenvalue weighted by atomic mass is 10.1. The Kier molecular flexibility index (Phi) is 7.37. The molecular formula is C26H29FN4O3. The lowest BCUT2D eigenvalue weighted by Gasteiger charge is -2.27. The van der Waals surface area contributed by atoms with Crippen molar-refractivity contribution < 1.29 is 18.7 Å². The molecule has 0 N–H and O–H groups in total. The van der Waals surface area contributed by atoms with Gasteiger partial charge in [0.1, 0.15) is 12.4 Å². The standard InChI is InChI=1S/C26H29FN4O3/c1-19(2)31-16-24(34-18-20-7-9-23(27)10-8-20)15-29(17-25(31)32)26(33)22-6-3-5-21(13-22)14-30-12-4-11-28-30/h3-13,19,24H,14-18H2,1-2H3/t24-/m0/s1. The van der Waals surface area contributed by atoms with E-state index in [1.165, 1.54) is 12.1 Å². The van der Waals surface area contributed by atoms with Gasteiger partial charge in [-0.25, -0.2) is 4.39 Å². The summed E-state index contributed by atoms with van der Waals surface area (Å²) in [7, 11) is 0. The van der Waals surface area contributed by atoms with Gasteiger partial charge in [-0.1, -0.05) is 24.3 Å². The van der Waals surface area contributed by atoms with Crippen LogP contribution in [0.4, 0.5) is 4.39 Å². The molecule has 1 aliphatic heterocycles. The van der Waals surface area contributed by atoms with E-state index < -0.39 is 0 Å².